The van der Waals surface area contributed by atoms with Crippen molar-refractivity contribution in [3.63, 3.8) is 0 Å². The summed E-state index contributed by atoms with van der Waals surface area (Å²) in [5, 5.41) is 3.35. The third kappa shape index (κ3) is 3.31. The van der Waals surface area contributed by atoms with E-state index in [0.717, 1.165) is 28.0 Å². The van der Waals surface area contributed by atoms with Crippen LogP contribution in [0.2, 0.25) is 0 Å². The van der Waals surface area contributed by atoms with Crippen molar-refractivity contribution in [3.8, 4) is 5.75 Å². The average Bonchev–Trinajstić information content (AvgIpc) is 2.84. The molecule has 3 N–H and O–H groups in total. The van der Waals surface area contributed by atoms with Gasteiger partial charge in [-0.25, -0.2) is 4.79 Å². The summed E-state index contributed by atoms with van der Waals surface area (Å²) in [6.45, 7) is 4.71. The number of anilines is 1. The molecule has 0 fully saturated rings. The van der Waals surface area contributed by atoms with Crippen LogP contribution in [0.3, 0.4) is 0 Å². The van der Waals surface area contributed by atoms with E-state index in [-0.39, 0.29) is 11.8 Å². The fourth-order valence-corrected chi connectivity index (χ4v) is 2.35. The Hall–Kier alpha value is -2.69. The predicted octanol–water partition coefficient (Wildman–Crippen LogP) is 3.26. The highest BCUT2D eigenvalue weighted by molar-refractivity contribution is 5.78. The van der Waals surface area contributed by atoms with E-state index in [1.165, 1.54) is 0 Å². The first-order chi connectivity index (χ1) is 10.6. The van der Waals surface area contributed by atoms with E-state index in [4.69, 9.17) is 4.74 Å². The van der Waals surface area contributed by atoms with Crippen LogP contribution in [0.25, 0.3) is 11.0 Å². The smallest absolute Gasteiger partial charge is 0.323 e. The van der Waals surface area contributed by atoms with Crippen molar-refractivity contribution in [1.29, 1.82) is 0 Å². The summed E-state index contributed by atoms with van der Waals surface area (Å²) in [7, 11) is 0. The van der Waals surface area contributed by atoms with Crippen LogP contribution in [0.5, 0.6) is 5.75 Å². The Balaban J connectivity index is 1.71. The van der Waals surface area contributed by atoms with Crippen LogP contribution in [0, 0.1) is 0 Å². The number of rotatable bonds is 5. The van der Waals surface area contributed by atoms with E-state index in [1.807, 2.05) is 50.2 Å². The molecule has 0 aliphatic carbocycles. The summed E-state index contributed by atoms with van der Waals surface area (Å²) < 4.78 is 5.70. The van der Waals surface area contributed by atoms with Crippen LogP contribution in [-0.4, -0.2) is 16.1 Å². The molecule has 1 aromatic heterocycles. The molecule has 22 heavy (non-hydrogen) atoms. The lowest BCUT2D eigenvalue weighted by atomic mass is 10.2. The Kier molecular flexibility index (Phi) is 3.87. The largest absolute Gasteiger partial charge is 0.491 e. The third-order valence-electron chi connectivity index (χ3n) is 3.28. The number of aromatic amines is 2. The summed E-state index contributed by atoms with van der Waals surface area (Å²) in [4.78, 5) is 16.7. The minimum Gasteiger partial charge on any atom is -0.491 e. The maximum Gasteiger partial charge on any atom is 0.323 e. The zero-order valence-electron chi connectivity index (χ0n) is 12.6. The van der Waals surface area contributed by atoms with Gasteiger partial charge in [0.25, 0.3) is 0 Å². The van der Waals surface area contributed by atoms with Gasteiger partial charge in [-0.1, -0.05) is 12.1 Å². The standard InChI is InChI=1S/C17H19N3O2/c1-11(2)22-14-5-3-4-12(8-14)10-18-13-6-7-15-16(9-13)20-17(21)19-15/h3-9,11,18H,10H2,1-2H3,(H2,19,20,21). The van der Waals surface area contributed by atoms with Gasteiger partial charge in [0.05, 0.1) is 17.1 Å². The molecule has 0 aliphatic heterocycles. The number of H-pyrrole nitrogens is 2. The van der Waals surface area contributed by atoms with Crippen molar-refractivity contribution >= 4 is 16.7 Å². The molecule has 0 bridgehead atoms. The number of imidazole rings is 1. The number of ether oxygens (including phenoxy) is 1. The minimum atomic E-state index is -0.189. The van der Waals surface area contributed by atoms with Gasteiger partial charge in [0.1, 0.15) is 5.75 Å². The molecule has 0 radical (unpaired) electrons. The second kappa shape index (κ2) is 5.97. The van der Waals surface area contributed by atoms with Crippen LogP contribution in [0.15, 0.2) is 47.3 Å². The molecule has 0 atom stereocenters. The van der Waals surface area contributed by atoms with Gasteiger partial charge >= 0.3 is 5.69 Å². The van der Waals surface area contributed by atoms with Gasteiger partial charge in [-0.2, -0.15) is 0 Å². The number of benzene rings is 2. The Morgan fingerprint density at radius 2 is 1.91 bits per heavy atom. The van der Waals surface area contributed by atoms with E-state index in [9.17, 15) is 4.79 Å². The van der Waals surface area contributed by atoms with Crippen LogP contribution in [0.4, 0.5) is 5.69 Å². The van der Waals surface area contributed by atoms with Crippen molar-refractivity contribution in [2.75, 3.05) is 5.32 Å². The van der Waals surface area contributed by atoms with Crippen LogP contribution in [0.1, 0.15) is 19.4 Å². The molecular weight excluding hydrogens is 278 g/mol. The highest BCUT2D eigenvalue weighted by Gasteiger charge is 2.02. The summed E-state index contributed by atoms with van der Waals surface area (Å²) >= 11 is 0. The van der Waals surface area contributed by atoms with Gasteiger partial charge in [-0.05, 0) is 49.7 Å². The first-order valence-corrected chi connectivity index (χ1v) is 7.32. The molecule has 3 aromatic rings. The van der Waals surface area contributed by atoms with E-state index >= 15 is 0 Å². The third-order valence-corrected chi connectivity index (χ3v) is 3.28. The molecule has 2 aromatic carbocycles. The van der Waals surface area contributed by atoms with Gasteiger partial charge in [0, 0.05) is 12.2 Å². The molecular formula is C17H19N3O2. The number of aromatic nitrogens is 2. The van der Waals surface area contributed by atoms with Gasteiger partial charge in [0.15, 0.2) is 0 Å². The van der Waals surface area contributed by atoms with Crippen LogP contribution >= 0.6 is 0 Å². The zero-order chi connectivity index (χ0) is 15.5. The molecule has 1 heterocycles. The number of nitrogens with one attached hydrogen (secondary N) is 3. The Labute approximate surface area is 128 Å². The highest BCUT2D eigenvalue weighted by atomic mass is 16.5. The number of fused-ring (bicyclic) bond motifs is 1. The Bertz CT molecular complexity index is 833. The number of hydrogen-bond donors (Lipinski definition) is 3. The van der Waals surface area contributed by atoms with E-state index in [0.29, 0.717) is 6.54 Å². The molecule has 0 aliphatic rings. The van der Waals surface area contributed by atoms with Crippen molar-refractivity contribution in [1.82, 2.24) is 9.97 Å². The number of hydrogen-bond acceptors (Lipinski definition) is 3. The summed E-state index contributed by atoms with van der Waals surface area (Å²) in [5.41, 5.74) is 3.51. The normalized spacial score (nSPS) is 11.0. The van der Waals surface area contributed by atoms with Crippen molar-refractivity contribution in [2.24, 2.45) is 0 Å². The highest BCUT2D eigenvalue weighted by Crippen LogP contribution is 2.18. The van der Waals surface area contributed by atoms with Crippen molar-refractivity contribution in [3.05, 3.63) is 58.5 Å². The molecule has 0 spiro atoms. The summed E-state index contributed by atoms with van der Waals surface area (Å²) in [6.07, 6.45) is 0.163. The van der Waals surface area contributed by atoms with Crippen LogP contribution < -0.4 is 15.7 Å². The topological polar surface area (TPSA) is 69.9 Å². The maximum absolute atomic E-state index is 11.3. The minimum absolute atomic E-state index is 0.163. The molecule has 0 saturated heterocycles. The lowest BCUT2D eigenvalue weighted by molar-refractivity contribution is 0.242. The Morgan fingerprint density at radius 3 is 2.73 bits per heavy atom. The maximum atomic E-state index is 11.3. The summed E-state index contributed by atoms with van der Waals surface area (Å²) in [6, 6.07) is 13.8. The van der Waals surface area contributed by atoms with Gasteiger partial charge < -0.3 is 20.0 Å². The predicted molar refractivity (Wildman–Crippen MR) is 88.5 cm³/mol. The van der Waals surface area contributed by atoms with Crippen molar-refractivity contribution in [2.45, 2.75) is 26.5 Å². The molecule has 5 heteroatoms. The molecule has 0 unspecified atom stereocenters. The molecule has 0 saturated carbocycles. The molecule has 0 amide bonds. The van der Waals surface area contributed by atoms with Crippen LogP contribution in [-0.2, 0) is 6.54 Å². The first-order valence-electron chi connectivity index (χ1n) is 7.32. The molecule has 114 valence electrons. The Morgan fingerprint density at radius 1 is 1.09 bits per heavy atom. The fourth-order valence-electron chi connectivity index (χ4n) is 2.35. The monoisotopic (exact) mass is 297 g/mol. The van der Waals surface area contributed by atoms with E-state index in [2.05, 4.69) is 21.4 Å². The lowest BCUT2D eigenvalue weighted by Crippen LogP contribution is -2.06. The second-order valence-electron chi connectivity index (χ2n) is 5.51. The molecule has 5 nitrogen and oxygen atoms in total. The molecule has 3 rings (SSSR count). The zero-order valence-corrected chi connectivity index (χ0v) is 12.6. The second-order valence-corrected chi connectivity index (χ2v) is 5.51. The SMILES string of the molecule is CC(C)Oc1cccc(CNc2ccc3[nH]c(=O)[nH]c3c2)c1. The van der Waals surface area contributed by atoms with Gasteiger partial charge in [-0.15, -0.1) is 0 Å². The lowest BCUT2D eigenvalue weighted by Gasteiger charge is -2.12. The van der Waals surface area contributed by atoms with Crippen molar-refractivity contribution < 1.29 is 4.74 Å². The summed E-state index contributed by atoms with van der Waals surface area (Å²) in [5.74, 6) is 0.875. The fraction of sp³-hybridized carbons (Fsp3) is 0.235. The van der Waals surface area contributed by atoms with Gasteiger partial charge in [-0.3, -0.25) is 0 Å². The first kappa shape index (κ1) is 14.3. The van der Waals surface area contributed by atoms with E-state index < -0.39 is 0 Å². The van der Waals surface area contributed by atoms with E-state index in [1.54, 1.807) is 0 Å². The quantitative estimate of drug-likeness (QED) is 0.677. The van der Waals surface area contributed by atoms with Gasteiger partial charge in [0.2, 0.25) is 0 Å². The average molecular weight is 297 g/mol.